The van der Waals surface area contributed by atoms with Crippen molar-refractivity contribution in [3.63, 3.8) is 0 Å². The van der Waals surface area contributed by atoms with E-state index >= 15 is 0 Å². The van der Waals surface area contributed by atoms with E-state index in [0.717, 1.165) is 42.1 Å². The number of hydrogen-bond donors (Lipinski definition) is 2. The number of nitrogens with one attached hydrogen (secondary N) is 2. The highest BCUT2D eigenvalue weighted by molar-refractivity contribution is 5.72. The molecule has 0 aromatic heterocycles. The third kappa shape index (κ3) is 5.97. The predicted molar refractivity (Wildman–Crippen MR) is 125 cm³/mol. The SMILES string of the molecule is CC.CC1=CC(Oc2ccc(CC3CNCCO3)cc2-c2ccc(C#N)c(F)c2)=CCN1. The first-order valence-electron chi connectivity index (χ1n) is 11.1. The Kier molecular flexibility index (Phi) is 8.43. The van der Waals surface area contributed by atoms with Crippen molar-refractivity contribution in [2.75, 3.05) is 26.2 Å². The van der Waals surface area contributed by atoms with Gasteiger partial charge in [0, 0.05) is 30.9 Å². The molecule has 168 valence electrons. The molecule has 1 fully saturated rings. The van der Waals surface area contributed by atoms with Gasteiger partial charge in [-0.1, -0.05) is 26.0 Å². The molecule has 6 heteroatoms. The number of allylic oxidation sites excluding steroid dienone is 2. The van der Waals surface area contributed by atoms with E-state index < -0.39 is 5.82 Å². The fourth-order valence-corrected chi connectivity index (χ4v) is 3.64. The number of nitrogens with zero attached hydrogens (tertiary/aromatic N) is 1. The second-order valence-corrected chi connectivity index (χ2v) is 7.45. The standard InChI is InChI=1S/C24H24FN3O2.C2H6/c1-16-10-20(6-7-28-16)30-24-5-2-17(11-21-15-27-8-9-29-21)12-22(24)18-3-4-19(14-26)23(25)13-18;1-2/h2-6,10,12-13,21,27-28H,7-9,11,15H2,1H3;1-2H3. The van der Waals surface area contributed by atoms with E-state index in [2.05, 4.69) is 10.6 Å². The van der Waals surface area contributed by atoms with E-state index in [1.54, 1.807) is 6.07 Å². The van der Waals surface area contributed by atoms with Crippen LogP contribution in [-0.4, -0.2) is 32.3 Å². The smallest absolute Gasteiger partial charge is 0.141 e. The number of benzene rings is 2. The lowest BCUT2D eigenvalue weighted by Gasteiger charge is -2.24. The maximum Gasteiger partial charge on any atom is 0.141 e. The highest BCUT2D eigenvalue weighted by atomic mass is 19.1. The van der Waals surface area contributed by atoms with Gasteiger partial charge in [-0.05, 0) is 60.9 Å². The first kappa shape index (κ1) is 23.5. The zero-order valence-electron chi connectivity index (χ0n) is 18.9. The Hall–Kier alpha value is -3.14. The second-order valence-electron chi connectivity index (χ2n) is 7.45. The summed E-state index contributed by atoms with van der Waals surface area (Å²) < 4.78 is 26.3. The predicted octanol–water partition coefficient (Wildman–Crippen LogP) is 4.69. The van der Waals surface area contributed by atoms with Crippen molar-refractivity contribution in [1.82, 2.24) is 10.6 Å². The maximum absolute atomic E-state index is 14.3. The van der Waals surface area contributed by atoms with Crippen LogP contribution in [0.25, 0.3) is 11.1 Å². The Balaban J connectivity index is 0.00000141. The van der Waals surface area contributed by atoms with E-state index in [0.29, 0.717) is 24.5 Å². The van der Waals surface area contributed by atoms with Gasteiger partial charge in [0.1, 0.15) is 23.4 Å². The molecular formula is C26H30FN3O2. The minimum atomic E-state index is -0.539. The Morgan fingerprint density at radius 3 is 2.75 bits per heavy atom. The number of rotatable bonds is 5. The van der Waals surface area contributed by atoms with Crippen LogP contribution in [0.15, 0.2) is 60.0 Å². The van der Waals surface area contributed by atoms with Crippen molar-refractivity contribution in [3.05, 3.63) is 77.0 Å². The summed E-state index contributed by atoms with van der Waals surface area (Å²) in [6.45, 7) is 9.06. The lowest BCUT2D eigenvalue weighted by atomic mass is 9.98. The number of dihydropyridines is 1. The summed E-state index contributed by atoms with van der Waals surface area (Å²) in [5.41, 5.74) is 3.59. The zero-order valence-corrected chi connectivity index (χ0v) is 18.9. The molecule has 0 aliphatic carbocycles. The average molecular weight is 436 g/mol. The van der Waals surface area contributed by atoms with Gasteiger partial charge in [0.05, 0.1) is 18.3 Å². The molecule has 5 nitrogen and oxygen atoms in total. The van der Waals surface area contributed by atoms with Gasteiger partial charge >= 0.3 is 0 Å². The molecule has 1 unspecified atom stereocenters. The summed E-state index contributed by atoms with van der Waals surface area (Å²) in [6, 6.07) is 12.5. The van der Waals surface area contributed by atoms with Crippen molar-refractivity contribution in [1.29, 1.82) is 5.26 Å². The molecule has 0 amide bonds. The van der Waals surface area contributed by atoms with Crippen LogP contribution in [0.4, 0.5) is 4.39 Å². The first-order chi connectivity index (χ1) is 15.6. The Morgan fingerprint density at radius 1 is 1.22 bits per heavy atom. The Labute approximate surface area is 189 Å². The van der Waals surface area contributed by atoms with Crippen LogP contribution in [0.5, 0.6) is 5.75 Å². The number of hydrogen-bond acceptors (Lipinski definition) is 5. The molecule has 2 aromatic carbocycles. The summed E-state index contributed by atoms with van der Waals surface area (Å²) in [6.07, 6.45) is 4.76. The van der Waals surface area contributed by atoms with Gasteiger partial charge in [0.25, 0.3) is 0 Å². The van der Waals surface area contributed by atoms with Gasteiger partial charge in [0.2, 0.25) is 0 Å². The minimum Gasteiger partial charge on any atom is -0.457 e. The molecular weight excluding hydrogens is 405 g/mol. The van der Waals surface area contributed by atoms with Crippen molar-refractivity contribution < 1.29 is 13.9 Å². The molecule has 4 rings (SSSR count). The fourth-order valence-electron chi connectivity index (χ4n) is 3.64. The third-order valence-corrected chi connectivity index (χ3v) is 5.18. The van der Waals surface area contributed by atoms with E-state index in [-0.39, 0.29) is 11.7 Å². The molecule has 32 heavy (non-hydrogen) atoms. The van der Waals surface area contributed by atoms with Crippen LogP contribution in [0.1, 0.15) is 31.9 Å². The number of nitriles is 1. The molecule has 1 atom stereocenters. The van der Waals surface area contributed by atoms with E-state index in [9.17, 15) is 4.39 Å². The van der Waals surface area contributed by atoms with Gasteiger partial charge in [0.15, 0.2) is 0 Å². The average Bonchev–Trinajstić information content (AvgIpc) is 2.82. The summed E-state index contributed by atoms with van der Waals surface area (Å²) >= 11 is 0. The highest BCUT2D eigenvalue weighted by Crippen LogP contribution is 2.34. The number of ether oxygens (including phenoxy) is 2. The normalized spacial score (nSPS) is 17.7. The molecule has 0 radical (unpaired) electrons. The number of morpholine rings is 1. The molecule has 2 heterocycles. The molecule has 2 aliphatic rings. The molecule has 0 saturated carbocycles. The quantitative estimate of drug-likeness (QED) is 0.713. The van der Waals surface area contributed by atoms with Crippen LogP contribution in [0.2, 0.25) is 0 Å². The van der Waals surface area contributed by atoms with Gasteiger partial charge < -0.3 is 20.1 Å². The Morgan fingerprint density at radius 2 is 2.06 bits per heavy atom. The summed E-state index contributed by atoms with van der Waals surface area (Å²) in [4.78, 5) is 0. The monoisotopic (exact) mass is 435 g/mol. The fraction of sp³-hybridized carbons (Fsp3) is 0.346. The van der Waals surface area contributed by atoms with Crippen LogP contribution in [0.3, 0.4) is 0 Å². The van der Waals surface area contributed by atoms with Crippen molar-refractivity contribution >= 4 is 0 Å². The van der Waals surface area contributed by atoms with Crippen LogP contribution >= 0.6 is 0 Å². The maximum atomic E-state index is 14.3. The largest absolute Gasteiger partial charge is 0.457 e. The van der Waals surface area contributed by atoms with E-state index in [1.807, 2.05) is 57.2 Å². The molecule has 2 aliphatic heterocycles. The van der Waals surface area contributed by atoms with Crippen molar-refractivity contribution in [2.45, 2.75) is 33.3 Å². The molecule has 2 N–H and O–H groups in total. The van der Waals surface area contributed by atoms with E-state index in [1.165, 1.54) is 12.1 Å². The topological polar surface area (TPSA) is 66.3 Å². The zero-order chi connectivity index (χ0) is 22.9. The highest BCUT2D eigenvalue weighted by Gasteiger charge is 2.17. The van der Waals surface area contributed by atoms with Crippen LogP contribution in [-0.2, 0) is 11.2 Å². The third-order valence-electron chi connectivity index (χ3n) is 5.18. The van der Waals surface area contributed by atoms with Gasteiger partial charge in [-0.15, -0.1) is 0 Å². The van der Waals surface area contributed by atoms with Crippen LogP contribution in [0, 0.1) is 17.1 Å². The molecule has 0 bridgehead atoms. The lowest BCUT2D eigenvalue weighted by Crippen LogP contribution is -2.39. The minimum absolute atomic E-state index is 0.0266. The molecule has 1 saturated heterocycles. The van der Waals surface area contributed by atoms with E-state index in [4.69, 9.17) is 14.7 Å². The van der Waals surface area contributed by atoms with Gasteiger partial charge in [-0.2, -0.15) is 5.26 Å². The summed E-state index contributed by atoms with van der Waals surface area (Å²) in [7, 11) is 0. The van der Waals surface area contributed by atoms with Crippen molar-refractivity contribution in [3.8, 4) is 22.9 Å². The summed E-state index contributed by atoms with van der Waals surface area (Å²) in [5.74, 6) is 0.847. The molecule has 0 spiro atoms. The van der Waals surface area contributed by atoms with Crippen LogP contribution < -0.4 is 15.4 Å². The molecule has 2 aromatic rings. The number of halogens is 1. The van der Waals surface area contributed by atoms with Gasteiger partial charge in [-0.25, -0.2) is 4.39 Å². The first-order valence-corrected chi connectivity index (χ1v) is 11.1. The summed E-state index contributed by atoms with van der Waals surface area (Å²) in [5, 5.41) is 15.6. The second kappa shape index (κ2) is 11.5. The van der Waals surface area contributed by atoms with Crippen molar-refractivity contribution in [2.24, 2.45) is 0 Å². The van der Waals surface area contributed by atoms with Gasteiger partial charge in [-0.3, -0.25) is 0 Å². The Bertz CT molecular complexity index is 1030. The lowest BCUT2D eigenvalue weighted by molar-refractivity contribution is 0.0292.